The lowest BCUT2D eigenvalue weighted by Crippen LogP contribution is -2.29. The van der Waals surface area contributed by atoms with Crippen LogP contribution in [0.25, 0.3) is 11.1 Å². The number of amides is 1. The number of rotatable bonds is 10. The van der Waals surface area contributed by atoms with E-state index < -0.39 is 5.41 Å². The molecular formula is C26H31NO6. The molecule has 1 aliphatic heterocycles. The molecule has 7 heteroatoms. The minimum Gasteiger partial charge on any atom is -0.493 e. The molecule has 0 radical (unpaired) electrons. The molecule has 1 saturated carbocycles. The van der Waals surface area contributed by atoms with Gasteiger partial charge in [0, 0.05) is 17.7 Å². The highest BCUT2D eigenvalue weighted by Gasteiger charge is 2.53. The molecule has 2 aliphatic rings. The smallest absolute Gasteiger partial charge is 0.315 e. The van der Waals surface area contributed by atoms with Crippen molar-refractivity contribution in [3.8, 4) is 28.4 Å². The number of hydrogen-bond acceptors (Lipinski definition) is 6. The summed E-state index contributed by atoms with van der Waals surface area (Å²) in [4.78, 5) is 24.8. The molecule has 0 atom stereocenters. The summed E-state index contributed by atoms with van der Waals surface area (Å²) in [5.74, 6) is 1.26. The molecule has 4 rings (SSSR count). The Morgan fingerprint density at radius 2 is 1.76 bits per heavy atom. The molecule has 1 aliphatic carbocycles. The van der Waals surface area contributed by atoms with Crippen molar-refractivity contribution in [3.05, 3.63) is 41.5 Å². The van der Waals surface area contributed by atoms with Crippen LogP contribution in [0.3, 0.4) is 0 Å². The molecule has 2 aromatic rings. The molecular weight excluding hydrogens is 422 g/mol. The largest absolute Gasteiger partial charge is 0.493 e. The highest BCUT2D eigenvalue weighted by molar-refractivity contribution is 5.99. The summed E-state index contributed by atoms with van der Waals surface area (Å²) in [6.07, 6.45) is 2.99. The summed E-state index contributed by atoms with van der Waals surface area (Å²) in [5, 5.41) is 2.84. The Hall–Kier alpha value is -3.22. The third-order valence-corrected chi connectivity index (χ3v) is 6.56. The number of esters is 1. The molecule has 0 aromatic heterocycles. The average Bonchev–Trinajstić information content (AvgIpc) is 3.56. The molecule has 7 nitrogen and oxygen atoms in total. The molecule has 0 bridgehead atoms. The first-order valence-electron chi connectivity index (χ1n) is 11.5. The number of fused-ring (bicyclic) bond motifs is 1. The monoisotopic (exact) mass is 453 g/mol. The van der Waals surface area contributed by atoms with Crippen LogP contribution in [-0.4, -0.2) is 38.8 Å². The minimum atomic E-state index is -0.623. The van der Waals surface area contributed by atoms with Crippen LogP contribution >= 0.6 is 0 Å². The van der Waals surface area contributed by atoms with Gasteiger partial charge < -0.3 is 24.3 Å². The molecule has 176 valence electrons. The van der Waals surface area contributed by atoms with E-state index in [4.69, 9.17) is 18.9 Å². The van der Waals surface area contributed by atoms with E-state index in [0.717, 1.165) is 42.4 Å². The maximum atomic E-state index is 12.9. The quantitative estimate of drug-likeness (QED) is 0.533. The van der Waals surface area contributed by atoms with E-state index in [1.165, 1.54) is 0 Å². The molecule has 1 fully saturated rings. The van der Waals surface area contributed by atoms with Gasteiger partial charge in [-0.05, 0) is 61.1 Å². The summed E-state index contributed by atoms with van der Waals surface area (Å²) in [6.45, 7) is 4.74. The normalized spacial score (nSPS) is 15.6. The standard InChI is InChI=1S/C26H31NO6/c1-5-18(6-2)33-25(29)26(11-12-26)15-32-22-19(9-10-21(30-3)23(22)31-4)16-7-8-20-17(13-16)14-27-24(20)28/h7-10,13,18H,5-6,11-12,14-15H2,1-4H3,(H,27,28). The van der Waals surface area contributed by atoms with Crippen molar-refractivity contribution in [1.82, 2.24) is 5.32 Å². The second-order valence-electron chi connectivity index (χ2n) is 8.65. The number of carbonyl (C=O) groups is 2. The average molecular weight is 454 g/mol. The summed E-state index contributed by atoms with van der Waals surface area (Å²) < 4.78 is 23.2. The molecule has 1 heterocycles. The first kappa shape index (κ1) is 23.0. The molecule has 33 heavy (non-hydrogen) atoms. The van der Waals surface area contributed by atoms with Crippen LogP contribution in [0.4, 0.5) is 0 Å². The molecule has 0 saturated heterocycles. The number of nitrogens with one attached hydrogen (secondary N) is 1. The first-order valence-corrected chi connectivity index (χ1v) is 11.5. The van der Waals surface area contributed by atoms with Crippen molar-refractivity contribution >= 4 is 11.9 Å². The second-order valence-corrected chi connectivity index (χ2v) is 8.65. The van der Waals surface area contributed by atoms with E-state index in [1.807, 2.05) is 44.2 Å². The van der Waals surface area contributed by atoms with Crippen molar-refractivity contribution in [1.29, 1.82) is 0 Å². The van der Waals surface area contributed by atoms with E-state index in [0.29, 0.717) is 29.4 Å². The maximum Gasteiger partial charge on any atom is 0.315 e. The number of hydrogen-bond donors (Lipinski definition) is 1. The van der Waals surface area contributed by atoms with Gasteiger partial charge in [0.25, 0.3) is 5.91 Å². The molecule has 2 aromatic carbocycles. The van der Waals surface area contributed by atoms with Crippen LogP contribution in [0.5, 0.6) is 17.2 Å². The zero-order valence-electron chi connectivity index (χ0n) is 19.7. The summed E-state index contributed by atoms with van der Waals surface area (Å²) >= 11 is 0. The zero-order valence-corrected chi connectivity index (χ0v) is 19.7. The van der Waals surface area contributed by atoms with Gasteiger partial charge in [0.15, 0.2) is 11.5 Å². The van der Waals surface area contributed by atoms with Crippen LogP contribution in [-0.2, 0) is 16.1 Å². The summed E-state index contributed by atoms with van der Waals surface area (Å²) in [6, 6.07) is 9.43. The molecule has 0 spiro atoms. The van der Waals surface area contributed by atoms with Crippen molar-refractivity contribution < 1.29 is 28.5 Å². The van der Waals surface area contributed by atoms with Gasteiger partial charge in [-0.25, -0.2) is 0 Å². The van der Waals surface area contributed by atoms with E-state index in [-0.39, 0.29) is 24.6 Å². The van der Waals surface area contributed by atoms with Crippen molar-refractivity contribution in [2.24, 2.45) is 5.41 Å². The van der Waals surface area contributed by atoms with Crippen molar-refractivity contribution in [3.63, 3.8) is 0 Å². The Labute approximate surface area is 194 Å². The van der Waals surface area contributed by atoms with Gasteiger partial charge in [-0.3, -0.25) is 9.59 Å². The van der Waals surface area contributed by atoms with Gasteiger partial charge in [0.2, 0.25) is 5.75 Å². The predicted molar refractivity (Wildman–Crippen MR) is 124 cm³/mol. The highest BCUT2D eigenvalue weighted by Crippen LogP contribution is 2.50. The fourth-order valence-electron chi connectivity index (χ4n) is 4.17. The minimum absolute atomic E-state index is 0.0630. The fourth-order valence-corrected chi connectivity index (χ4v) is 4.17. The molecule has 1 N–H and O–H groups in total. The highest BCUT2D eigenvalue weighted by atomic mass is 16.6. The van der Waals surface area contributed by atoms with Gasteiger partial charge in [-0.2, -0.15) is 0 Å². The second kappa shape index (κ2) is 9.33. The Morgan fingerprint density at radius 3 is 2.39 bits per heavy atom. The molecule has 1 amide bonds. The first-order chi connectivity index (χ1) is 16.0. The van der Waals surface area contributed by atoms with E-state index >= 15 is 0 Å². The SMILES string of the molecule is CCC(CC)OC(=O)C1(COc2c(-c3ccc4c(c3)CNC4=O)ccc(OC)c2OC)CC1. The maximum absolute atomic E-state index is 12.9. The van der Waals surface area contributed by atoms with Crippen LogP contribution < -0.4 is 19.5 Å². The summed E-state index contributed by atoms with van der Waals surface area (Å²) in [5.41, 5.74) is 2.69. The Balaban J connectivity index is 1.65. The predicted octanol–water partition coefficient (Wildman–Crippen LogP) is 4.51. The number of benzene rings is 2. The number of carbonyl (C=O) groups excluding carboxylic acids is 2. The zero-order chi connectivity index (χ0) is 23.6. The Morgan fingerprint density at radius 1 is 1.03 bits per heavy atom. The molecule has 0 unspecified atom stereocenters. The van der Waals surface area contributed by atoms with Gasteiger partial charge >= 0.3 is 5.97 Å². The lowest BCUT2D eigenvalue weighted by atomic mass is 9.99. The lowest BCUT2D eigenvalue weighted by molar-refractivity contribution is -0.157. The van der Waals surface area contributed by atoms with E-state index in [9.17, 15) is 9.59 Å². The third-order valence-electron chi connectivity index (χ3n) is 6.56. The van der Waals surface area contributed by atoms with Crippen LogP contribution in [0.2, 0.25) is 0 Å². The van der Waals surface area contributed by atoms with Crippen molar-refractivity contribution in [2.75, 3.05) is 20.8 Å². The Bertz CT molecular complexity index is 1050. The van der Waals surface area contributed by atoms with Gasteiger partial charge in [0.05, 0.1) is 14.2 Å². The van der Waals surface area contributed by atoms with Crippen LogP contribution in [0.1, 0.15) is 55.5 Å². The van der Waals surface area contributed by atoms with Gasteiger partial charge in [-0.15, -0.1) is 0 Å². The number of ether oxygens (including phenoxy) is 4. The lowest BCUT2D eigenvalue weighted by Gasteiger charge is -2.22. The van der Waals surface area contributed by atoms with Crippen molar-refractivity contribution in [2.45, 2.75) is 52.2 Å². The fraction of sp³-hybridized carbons (Fsp3) is 0.462. The van der Waals surface area contributed by atoms with Crippen LogP contribution in [0.15, 0.2) is 30.3 Å². The third kappa shape index (κ3) is 4.36. The summed E-state index contributed by atoms with van der Waals surface area (Å²) in [7, 11) is 3.14. The van der Waals surface area contributed by atoms with Crippen LogP contribution in [0, 0.1) is 5.41 Å². The number of methoxy groups -OCH3 is 2. The Kier molecular flexibility index (Phi) is 6.49. The van der Waals surface area contributed by atoms with E-state index in [1.54, 1.807) is 14.2 Å². The van der Waals surface area contributed by atoms with E-state index in [2.05, 4.69) is 5.32 Å². The van der Waals surface area contributed by atoms with Gasteiger partial charge in [-0.1, -0.05) is 19.9 Å². The topological polar surface area (TPSA) is 83.1 Å². The van der Waals surface area contributed by atoms with Gasteiger partial charge in [0.1, 0.15) is 18.1 Å².